The van der Waals surface area contributed by atoms with Crippen molar-refractivity contribution in [2.45, 2.75) is 108 Å². The van der Waals surface area contributed by atoms with Crippen molar-refractivity contribution in [1.82, 2.24) is 20.4 Å². The second-order valence-corrected chi connectivity index (χ2v) is 14.0. The number of fused-ring (bicyclic) bond motifs is 2. The summed E-state index contributed by atoms with van der Waals surface area (Å²) in [4.78, 5) is 64.8. The van der Waals surface area contributed by atoms with Crippen LogP contribution in [-0.4, -0.2) is 56.5 Å². The van der Waals surface area contributed by atoms with Gasteiger partial charge in [0.25, 0.3) is 5.91 Å². The number of aliphatic hydroxyl groups excluding tert-OH is 1. The fourth-order valence-electron chi connectivity index (χ4n) is 7.05. The lowest BCUT2D eigenvalue weighted by Crippen LogP contribution is -2.52. The van der Waals surface area contributed by atoms with E-state index in [1.807, 2.05) is 18.2 Å². The Balaban J connectivity index is 1.13. The maximum Gasteiger partial charge on any atom is 0.255 e. The Morgan fingerprint density at radius 3 is 1.93 bits per heavy atom. The minimum Gasteiger partial charge on any atom is -0.374 e. The maximum atomic E-state index is 13.4. The third kappa shape index (κ3) is 5.34. The van der Waals surface area contributed by atoms with Crippen LogP contribution >= 0.6 is 0 Å². The van der Waals surface area contributed by atoms with E-state index < -0.39 is 24.2 Å². The molecule has 2 fully saturated rings. The molecule has 0 saturated carbocycles. The summed E-state index contributed by atoms with van der Waals surface area (Å²) in [7, 11) is 0. The molecule has 3 N–H and O–H groups in total. The van der Waals surface area contributed by atoms with Crippen LogP contribution < -0.4 is 10.6 Å². The van der Waals surface area contributed by atoms with E-state index in [4.69, 9.17) is 0 Å². The van der Waals surface area contributed by atoms with Gasteiger partial charge in [-0.25, -0.2) is 0 Å². The Hall–Kier alpha value is -3.89. The highest BCUT2D eigenvalue weighted by atomic mass is 16.3. The molecule has 0 aromatic heterocycles. The van der Waals surface area contributed by atoms with Gasteiger partial charge in [-0.15, -0.1) is 0 Å². The number of nitrogens with zero attached hydrogens (tertiary/aromatic N) is 2. The third-order valence-electron chi connectivity index (χ3n) is 10.2. The smallest absolute Gasteiger partial charge is 0.255 e. The number of piperidine rings is 2. The number of hydrogen-bond donors (Lipinski definition) is 3. The van der Waals surface area contributed by atoms with Crippen molar-refractivity contribution in [3.8, 4) is 0 Å². The van der Waals surface area contributed by atoms with Crippen LogP contribution in [-0.2, 0) is 43.1 Å². The second-order valence-electron chi connectivity index (χ2n) is 14.0. The van der Waals surface area contributed by atoms with E-state index in [2.05, 4.69) is 56.5 Å². The highest BCUT2D eigenvalue weighted by Crippen LogP contribution is 2.41. The van der Waals surface area contributed by atoms with Gasteiger partial charge < -0.3 is 10.0 Å². The van der Waals surface area contributed by atoms with Crippen molar-refractivity contribution < 1.29 is 29.1 Å². The van der Waals surface area contributed by atoms with E-state index in [1.165, 1.54) is 0 Å². The van der Waals surface area contributed by atoms with E-state index >= 15 is 0 Å². The van der Waals surface area contributed by atoms with Crippen molar-refractivity contribution >= 4 is 29.5 Å². The largest absolute Gasteiger partial charge is 0.374 e. The lowest BCUT2D eigenvalue weighted by atomic mass is 9.72. The molecule has 2 aromatic carbocycles. The molecule has 4 aliphatic rings. The number of benzene rings is 2. The number of nitrogens with one attached hydrogen (secondary N) is 2. The van der Waals surface area contributed by atoms with Gasteiger partial charge in [0.2, 0.25) is 23.6 Å². The Morgan fingerprint density at radius 2 is 1.32 bits per heavy atom. The van der Waals surface area contributed by atoms with Crippen molar-refractivity contribution in [1.29, 1.82) is 0 Å². The normalized spacial score (nSPS) is 24.3. The van der Waals surface area contributed by atoms with Gasteiger partial charge in [-0.05, 0) is 70.4 Å². The predicted molar refractivity (Wildman–Crippen MR) is 161 cm³/mol. The van der Waals surface area contributed by atoms with Crippen molar-refractivity contribution in [3.05, 3.63) is 69.8 Å². The van der Waals surface area contributed by atoms with Gasteiger partial charge in [-0.3, -0.25) is 39.5 Å². The first-order valence-corrected chi connectivity index (χ1v) is 15.4. The van der Waals surface area contributed by atoms with Gasteiger partial charge in [-0.1, -0.05) is 58.0 Å². The summed E-state index contributed by atoms with van der Waals surface area (Å²) >= 11 is 0. The maximum absolute atomic E-state index is 13.4. The number of carbonyl (C=O) groups is 5. The van der Waals surface area contributed by atoms with E-state index in [-0.39, 0.29) is 47.3 Å². The molecule has 2 saturated heterocycles. The van der Waals surface area contributed by atoms with Gasteiger partial charge >= 0.3 is 0 Å². The molecular weight excluding hydrogens is 560 g/mol. The zero-order valence-electron chi connectivity index (χ0n) is 25.7. The fourth-order valence-corrected chi connectivity index (χ4v) is 7.05. The first-order valence-electron chi connectivity index (χ1n) is 15.4. The van der Waals surface area contributed by atoms with E-state index in [9.17, 15) is 29.1 Å². The Morgan fingerprint density at radius 1 is 0.750 bits per heavy atom. The second kappa shape index (κ2) is 10.9. The SMILES string of the molecule is CC(C)(CCC(C)(C)c1ccc2c(c1)C(=O)N(C1CCC(=O)NC1=O)C2)c1ccc2c(c1)CN(C1CCC(=O)NC1=O)C2O. The summed E-state index contributed by atoms with van der Waals surface area (Å²) in [5.74, 6) is -1.50. The summed E-state index contributed by atoms with van der Waals surface area (Å²) in [5.41, 5.74) is 5.09. The van der Waals surface area contributed by atoms with Crippen LogP contribution in [0.5, 0.6) is 0 Å². The number of rotatable bonds is 7. The summed E-state index contributed by atoms with van der Waals surface area (Å²) in [6, 6.07) is 11.0. The highest BCUT2D eigenvalue weighted by molar-refractivity contribution is 6.05. The Labute approximate surface area is 257 Å². The summed E-state index contributed by atoms with van der Waals surface area (Å²) in [5, 5.41) is 15.8. The first-order chi connectivity index (χ1) is 20.7. The van der Waals surface area contributed by atoms with Gasteiger partial charge in [-0.2, -0.15) is 0 Å². The Bertz CT molecular complexity index is 1580. The van der Waals surface area contributed by atoms with Crippen LogP contribution in [0.25, 0.3) is 0 Å². The fraction of sp³-hybridized carbons (Fsp3) is 0.500. The van der Waals surface area contributed by atoms with E-state index in [0.717, 1.165) is 40.7 Å². The molecule has 6 rings (SSSR count). The van der Waals surface area contributed by atoms with Gasteiger partial charge in [0, 0.05) is 31.5 Å². The van der Waals surface area contributed by atoms with E-state index in [0.29, 0.717) is 31.5 Å². The van der Waals surface area contributed by atoms with Crippen molar-refractivity contribution in [2.75, 3.05) is 0 Å². The molecule has 44 heavy (non-hydrogen) atoms. The Kier molecular flexibility index (Phi) is 7.49. The van der Waals surface area contributed by atoms with Crippen molar-refractivity contribution in [2.24, 2.45) is 0 Å². The molecule has 4 heterocycles. The standard InChI is InChI=1S/C34H40N4O6/c1-33(2,21-7-8-23-20(15-21)18-38(31(23)43)26-10-12-28(40)36-30(26)42)13-14-34(3,4)22-6-5-19-17-37(32(44)24(19)16-22)25-9-11-27(39)35-29(25)41/h5-8,15-16,25-26,31,43H,9-14,17-18H2,1-4H3,(H,35,39,41)(H,36,40,42). The predicted octanol–water partition coefficient (Wildman–Crippen LogP) is 3.09. The van der Waals surface area contributed by atoms with Crippen LogP contribution in [0.2, 0.25) is 0 Å². The zero-order chi connectivity index (χ0) is 31.6. The topological polar surface area (TPSA) is 136 Å². The van der Waals surface area contributed by atoms with Crippen molar-refractivity contribution in [3.63, 3.8) is 0 Å². The van der Waals surface area contributed by atoms with Crippen LogP contribution in [0.1, 0.15) is 111 Å². The average molecular weight is 601 g/mol. The van der Waals surface area contributed by atoms with Gasteiger partial charge in [0.15, 0.2) is 0 Å². The average Bonchev–Trinajstić information content (AvgIpc) is 3.47. The summed E-state index contributed by atoms with van der Waals surface area (Å²) in [6.45, 7) is 9.58. The molecule has 0 radical (unpaired) electrons. The van der Waals surface area contributed by atoms with E-state index in [1.54, 1.807) is 9.80 Å². The number of imide groups is 2. The molecule has 0 spiro atoms. The number of carbonyl (C=O) groups excluding carboxylic acids is 5. The molecule has 5 amide bonds. The molecule has 10 nitrogen and oxygen atoms in total. The van der Waals surface area contributed by atoms with Crippen LogP contribution in [0.15, 0.2) is 36.4 Å². The molecule has 4 aliphatic heterocycles. The number of aliphatic hydroxyl groups is 1. The molecule has 3 atom stereocenters. The van der Waals surface area contributed by atoms with Crippen LogP contribution in [0.3, 0.4) is 0 Å². The quantitative estimate of drug-likeness (QED) is 0.416. The number of hydrogen-bond acceptors (Lipinski definition) is 7. The number of amides is 5. The van der Waals surface area contributed by atoms with Gasteiger partial charge in [0.1, 0.15) is 12.3 Å². The van der Waals surface area contributed by atoms with Crippen LogP contribution in [0, 0.1) is 0 Å². The zero-order valence-corrected chi connectivity index (χ0v) is 25.7. The minimum absolute atomic E-state index is 0.167. The monoisotopic (exact) mass is 600 g/mol. The molecule has 232 valence electrons. The summed E-state index contributed by atoms with van der Waals surface area (Å²) < 4.78 is 0. The molecule has 3 unspecified atom stereocenters. The highest BCUT2D eigenvalue weighted by Gasteiger charge is 2.41. The van der Waals surface area contributed by atoms with Gasteiger partial charge in [0.05, 0.1) is 6.04 Å². The molecule has 0 bridgehead atoms. The minimum atomic E-state index is -0.890. The third-order valence-corrected chi connectivity index (χ3v) is 10.2. The molecular formula is C34H40N4O6. The molecule has 10 heteroatoms. The van der Waals surface area contributed by atoms with Crippen LogP contribution in [0.4, 0.5) is 0 Å². The first kappa shape index (κ1) is 30.1. The molecule has 0 aliphatic carbocycles. The molecule has 2 aromatic rings. The lowest BCUT2D eigenvalue weighted by Gasteiger charge is -2.32. The summed E-state index contributed by atoms with van der Waals surface area (Å²) in [6.07, 6.45) is 2.06. The lowest BCUT2D eigenvalue weighted by molar-refractivity contribution is -0.142.